The molecule has 39 heavy (non-hydrogen) atoms. The van der Waals surface area contributed by atoms with E-state index < -0.39 is 28.5 Å². The van der Waals surface area contributed by atoms with Crippen molar-refractivity contribution >= 4 is 39.1 Å². The number of aryl methyl sites for hydroxylation is 2. The van der Waals surface area contributed by atoms with Gasteiger partial charge in [-0.25, -0.2) is 8.42 Å². The lowest BCUT2D eigenvalue weighted by Gasteiger charge is -2.32. The third kappa shape index (κ3) is 7.10. The Labute approximate surface area is 235 Å². The summed E-state index contributed by atoms with van der Waals surface area (Å²) in [5.41, 5.74) is 2.88. The number of rotatable bonds is 11. The smallest absolute Gasteiger partial charge is 0.264 e. The van der Waals surface area contributed by atoms with Crippen molar-refractivity contribution in [1.82, 2.24) is 10.2 Å². The van der Waals surface area contributed by atoms with E-state index in [0.717, 1.165) is 21.0 Å². The van der Waals surface area contributed by atoms with Gasteiger partial charge in [-0.05, 0) is 69.2 Å². The van der Waals surface area contributed by atoms with E-state index in [4.69, 9.17) is 16.3 Å². The van der Waals surface area contributed by atoms with Crippen LogP contribution in [-0.2, 0) is 26.2 Å². The van der Waals surface area contributed by atoms with Crippen LogP contribution in [0.1, 0.15) is 30.5 Å². The van der Waals surface area contributed by atoms with E-state index in [0.29, 0.717) is 12.3 Å². The minimum atomic E-state index is -4.19. The van der Waals surface area contributed by atoms with Gasteiger partial charge >= 0.3 is 0 Å². The maximum absolute atomic E-state index is 13.9. The molecule has 1 N–H and O–H groups in total. The van der Waals surface area contributed by atoms with Gasteiger partial charge in [0, 0.05) is 13.1 Å². The zero-order chi connectivity index (χ0) is 28.7. The number of nitrogens with one attached hydrogen (secondary N) is 1. The molecule has 0 bridgehead atoms. The zero-order valence-electron chi connectivity index (χ0n) is 22.8. The average molecular weight is 572 g/mol. The number of benzene rings is 3. The molecule has 3 rings (SSSR count). The third-order valence-corrected chi connectivity index (χ3v) is 8.51. The highest BCUT2D eigenvalue weighted by Gasteiger charge is 2.33. The molecule has 3 aromatic rings. The molecule has 0 saturated heterocycles. The Morgan fingerprint density at radius 3 is 2.28 bits per heavy atom. The molecule has 1 atom stereocenters. The maximum Gasteiger partial charge on any atom is 0.264 e. The molecule has 0 unspecified atom stereocenters. The molecule has 2 amide bonds. The van der Waals surface area contributed by atoms with Crippen LogP contribution in [0.4, 0.5) is 5.69 Å². The number of hydrogen-bond donors (Lipinski definition) is 1. The number of amides is 2. The molecule has 0 aliphatic heterocycles. The quantitative estimate of drug-likeness (QED) is 0.359. The van der Waals surface area contributed by atoms with Crippen molar-refractivity contribution in [2.24, 2.45) is 0 Å². The van der Waals surface area contributed by atoms with Crippen LogP contribution in [0.5, 0.6) is 5.75 Å². The summed E-state index contributed by atoms with van der Waals surface area (Å²) in [6, 6.07) is 17.6. The molecule has 0 aliphatic rings. The SMILES string of the molecule is CCNC(=O)[C@H](C)N(Cc1ccccc1C)C(=O)CN(c1ccc(OC)c(Cl)c1)S(=O)(=O)c1ccc(C)cc1. The number of carbonyl (C=O) groups excluding carboxylic acids is 2. The van der Waals surface area contributed by atoms with Crippen LogP contribution in [0.3, 0.4) is 0 Å². The molecule has 8 nitrogen and oxygen atoms in total. The first-order valence-electron chi connectivity index (χ1n) is 12.5. The summed E-state index contributed by atoms with van der Waals surface area (Å²) >= 11 is 6.35. The summed E-state index contributed by atoms with van der Waals surface area (Å²) in [5, 5.41) is 2.95. The highest BCUT2D eigenvalue weighted by molar-refractivity contribution is 7.92. The number of ether oxygens (including phenoxy) is 1. The average Bonchev–Trinajstić information content (AvgIpc) is 2.91. The summed E-state index contributed by atoms with van der Waals surface area (Å²) < 4.78 is 34.0. The van der Waals surface area contributed by atoms with Crippen molar-refractivity contribution in [3.05, 3.63) is 88.4 Å². The number of methoxy groups -OCH3 is 1. The van der Waals surface area contributed by atoms with Crippen LogP contribution in [0.25, 0.3) is 0 Å². The number of carbonyl (C=O) groups is 2. The molecule has 0 aromatic heterocycles. The van der Waals surface area contributed by atoms with Crippen LogP contribution in [0, 0.1) is 13.8 Å². The molecular weight excluding hydrogens is 538 g/mol. The number of halogens is 1. The van der Waals surface area contributed by atoms with Gasteiger partial charge in [0.1, 0.15) is 18.3 Å². The number of anilines is 1. The molecular formula is C29H34ClN3O5S. The molecule has 0 radical (unpaired) electrons. The standard InChI is InChI=1S/C29H34ClN3O5S/c1-6-31-29(35)22(4)32(18-23-10-8-7-9-21(23)3)28(34)19-33(24-13-16-27(38-5)26(30)17-24)39(36,37)25-14-11-20(2)12-15-25/h7-17,22H,6,18-19H2,1-5H3,(H,31,35)/t22-/m0/s1. The number of hydrogen-bond acceptors (Lipinski definition) is 5. The summed E-state index contributed by atoms with van der Waals surface area (Å²) in [6.45, 7) is 7.18. The number of sulfonamides is 1. The fraction of sp³-hybridized carbons (Fsp3) is 0.310. The van der Waals surface area contributed by atoms with Crippen molar-refractivity contribution in [2.45, 2.75) is 45.2 Å². The van der Waals surface area contributed by atoms with Gasteiger partial charge in [-0.3, -0.25) is 13.9 Å². The van der Waals surface area contributed by atoms with Gasteiger partial charge in [-0.1, -0.05) is 53.6 Å². The van der Waals surface area contributed by atoms with E-state index in [1.165, 1.54) is 36.3 Å². The monoisotopic (exact) mass is 571 g/mol. The molecule has 208 valence electrons. The van der Waals surface area contributed by atoms with Crippen molar-refractivity contribution < 1.29 is 22.7 Å². The van der Waals surface area contributed by atoms with Crippen LogP contribution >= 0.6 is 11.6 Å². The van der Waals surface area contributed by atoms with Crippen molar-refractivity contribution in [1.29, 1.82) is 0 Å². The summed E-state index contributed by atoms with van der Waals surface area (Å²) in [7, 11) is -2.73. The fourth-order valence-corrected chi connectivity index (χ4v) is 5.71. The Bertz CT molecular complexity index is 1430. The van der Waals surface area contributed by atoms with Crippen LogP contribution in [0.2, 0.25) is 5.02 Å². The van der Waals surface area contributed by atoms with Gasteiger partial charge in [-0.15, -0.1) is 0 Å². The predicted molar refractivity (Wildman–Crippen MR) is 154 cm³/mol. The second kappa shape index (κ2) is 13.0. The minimum Gasteiger partial charge on any atom is -0.495 e. The predicted octanol–water partition coefficient (Wildman–Crippen LogP) is 4.71. The van der Waals surface area contributed by atoms with Gasteiger partial charge in [0.25, 0.3) is 10.0 Å². The highest BCUT2D eigenvalue weighted by Crippen LogP contribution is 2.32. The Balaban J connectivity index is 2.08. The van der Waals surface area contributed by atoms with Crippen LogP contribution < -0.4 is 14.4 Å². The van der Waals surface area contributed by atoms with Crippen molar-refractivity contribution in [2.75, 3.05) is 24.5 Å². The molecule has 0 spiro atoms. The molecule has 10 heteroatoms. The molecule has 0 fully saturated rings. The highest BCUT2D eigenvalue weighted by atomic mass is 35.5. The fourth-order valence-electron chi connectivity index (χ4n) is 4.05. The van der Waals surface area contributed by atoms with Gasteiger partial charge in [0.2, 0.25) is 11.8 Å². The van der Waals surface area contributed by atoms with E-state index in [9.17, 15) is 18.0 Å². The second-order valence-electron chi connectivity index (χ2n) is 9.16. The Morgan fingerprint density at radius 2 is 1.69 bits per heavy atom. The van der Waals surface area contributed by atoms with Crippen molar-refractivity contribution in [3.8, 4) is 5.75 Å². The lowest BCUT2D eigenvalue weighted by Crippen LogP contribution is -2.51. The molecule has 0 saturated carbocycles. The second-order valence-corrected chi connectivity index (χ2v) is 11.4. The summed E-state index contributed by atoms with van der Waals surface area (Å²) in [5.74, 6) is -0.509. The Kier molecular flexibility index (Phi) is 9.99. The maximum atomic E-state index is 13.9. The zero-order valence-corrected chi connectivity index (χ0v) is 24.3. The van der Waals surface area contributed by atoms with E-state index in [1.807, 2.05) is 38.1 Å². The summed E-state index contributed by atoms with van der Waals surface area (Å²) in [4.78, 5) is 28.2. The van der Waals surface area contributed by atoms with E-state index >= 15 is 0 Å². The first-order chi connectivity index (χ1) is 18.5. The largest absolute Gasteiger partial charge is 0.495 e. The normalized spacial score (nSPS) is 11.9. The van der Waals surface area contributed by atoms with Gasteiger partial charge in [0.05, 0.1) is 22.7 Å². The lowest BCUT2D eigenvalue weighted by molar-refractivity contribution is -0.139. The first-order valence-corrected chi connectivity index (χ1v) is 14.4. The Hall–Kier alpha value is -3.56. The first kappa shape index (κ1) is 30.0. The number of nitrogens with zero attached hydrogens (tertiary/aromatic N) is 2. The Morgan fingerprint density at radius 1 is 1.03 bits per heavy atom. The van der Waals surface area contributed by atoms with Gasteiger partial charge < -0.3 is 15.0 Å². The van der Waals surface area contributed by atoms with Gasteiger partial charge in [-0.2, -0.15) is 0 Å². The molecule has 0 aliphatic carbocycles. The van der Waals surface area contributed by atoms with E-state index in [1.54, 1.807) is 32.0 Å². The lowest BCUT2D eigenvalue weighted by atomic mass is 10.1. The van der Waals surface area contributed by atoms with Crippen molar-refractivity contribution in [3.63, 3.8) is 0 Å². The number of likely N-dealkylation sites (N-methyl/N-ethyl adjacent to an activating group) is 1. The minimum absolute atomic E-state index is 0.0232. The summed E-state index contributed by atoms with van der Waals surface area (Å²) in [6.07, 6.45) is 0. The van der Waals surface area contributed by atoms with E-state index in [-0.39, 0.29) is 28.1 Å². The molecule has 3 aromatic carbocycles. The van der Waals surface area contributed by atoms with Crippen LogP contribution in [0.15, 0.2) is 71.6 Å². The van der Waals surface area contributed by atoms with Crippen LogP contribution in [-0.4, -0.2) is 51.4 Å². The molecule has 0 heterocycles. The third-order valence-electron chi connectivity index (χ3n) is 6.43. The van der Waals surface area contributed by atoms with Gasteiger partial charge in [0.15, 0.2) is 0 Å². The topological polar surface area (TPSA) is 96.0 Å². The van der Waals surface area contributed by atoms with E-state index in [2.05, 4.69) is 5.32 Å².